The maximum atomic E-state index is 12.4. The van der Waals surface area contributed by atoms with Gasteiger partial charge in [-0.05, 0) is 37.3 Å². The molecule has 0 bridgehead atoms. The van der Waals surface area contributed by atoms with E-state index in [2.05, 4.69) is 0 Å². The third-order valence-corrected chi connectivity index (χ3v) is 4.06. The highest BCUT2D eigenvalue weighted by atomic mass is 35.5. The summed E-state index contributed by atoms with van der Waals surface area (Å²) in [7, 11) is 0. The lowest BCUT2D eigenvalue weighted by atomic mass is 9.91. The van der Waals surface area contributed by atoms with E-state index in [1.165, 1.54) is 6.42 Å². The van der Waals surface area contributed by atoms with Crippen molar-refractivity contribution in [2.75, 3.05) is 13.2 Å². The van der Waals surface area contributed by atoms with Gasteiger partial charge in [0, 0.05) is 24.2 Å². The second-order valence-electron chi connectivity index (χ2n) is 5.02. The number of carbonyl (C=O) groups is 1. The predicted octanol–water partition coefficient (Wildman–Crippen LogP) is 2.65. The SMILES string of the molecule is O=C(Cc1ccccc1Cl)N(CCCO)C1CCC1. The van der Waals surface area contributed by atoms with Crippen LogP contribution in [0, 0.1) is 0 Å². The molecule has 0 saturated heterocycles. The first-order chi connectivity index (χ1) is 9.22. The number of benzene rings is 1. The lowest BCUT2D eigenvalue weighted by Crippen LogP contribution is -2.45. The molecule has 0 aliphatic heterocycles. The molecule has 1 aliphatic rings. The third-order valence-electron chi connectivity index (χ3n) is 3.69. The van der Waals surface area contributed by atoms with Crippen LogP contribution in [-0.4, -0.2) is 35.1 Å². The molecule has 0 radical (unpaired) electrons. The normalized spacial score (nSPS) is 15.1. The average Bonchev–Trinajstić information content (AvgIpc) is 2.34. The van der Waals surface area contributed by atoms with Crippen LogP contribution < -0.4 is 0 Å². The summed E-state index contributed by atoms with van der Waals surface area (Å²) in [5.41, 5.74) is 0.877. The van der Waals surface area contributed by atoms with Gasteiger partial charge in [-0.1, -0.05) is 29.8 Å². The lowest BCUT2D eigenvalue weighted by molar-refractivity contribution is -0.134. The second-order valence-corrected chi connectivity index (χ2v) is 5.42. The van der Waals surface area contributed by atoms with Gasteiger partial charge in [0.05, 0.1) is 6.42 Å². The minimum Gasteiger partial charge on any atom is -0.396 e. The van der Waals surface area contributed by atoms with Gasteiger partial charge in [-0.15, -0.1) is 0 Å². The number of aliphatic hydroxyl groups excluding tert-OH is 1. The van der Waals surface area contributed by atoms with Gasteiger partial charge >= 0.3 is 0 Å². The highest BCUT2D eigenvalue weighted by Gasteiger charge is 2.28. The zero-order chi connectivity index (χ0) is 13.7. The molecule has 1 aliphatic carbocycles. The fourth-order valence-corrected chi connectivity index (χ4v) is 2.56. The first-order valence-corrected chi connectivity index (χ1v) is 7.24. The third kappa shape index (κ3) is 3.71. The maximum absolute atomic E-state index is 12.4. The molecular weight excluding hydrogens is 262 g/mol. The van der Waals surface area contributed by atoms with Gasteiger partial charge in [0.2, 0.25) is 5.91 Å². The minimum absolute atomic E-state index is 0.117. The van der Waals surface area contributed by atoms with Crippen molar-refractivity contribution in [1.82, 2.24) is 4.90 Å². The number of hydrogen-bond acceptors (Lipinski definition) is 2. The van der Waals surface area contributed by atoms with Crippen LogP contribution in [0.5, 0.6) is 0 Å². The molecule has 104 valence electrons. The summed E-state index contributed by atoms with van der Waals surface area (Å²) >= 11 is 6.09. The number of amides is 1. The number of nitrogens with zero attached hydrogens (tertiary/aromatic N) is 1. The zero-order valence-electron chi connectivity index (χ0n) is 11.0. The van der Waals surface area contributed by atoms with Gasteiger partial charge in [-0.2, -0.15) is 0 Å². The fraction of sp³-hybridized carbons (Fsp3) is 0.533. The van der Waals surface area contributed by atoms with Crippen molar-refractivity contribution in [3.8, 4) is 0 Å². The molecule has 3 nitrogen and oxygen atoms in total. The van der Waals surface area contributed by atoms with Gasteiger partial charge in [0.1, 0.15) is 0 Å². The Bertz CT molecular complexity index is 432. The highest BCUT2D eigenvalue weighted by molar-refractivity contribution is 6.31. The molecule has 0 atom stereocenters. The second kappa shape index (κ2) is 6.92. The molecule has 0 unspecified atom stereocenters. The Kier molecular flexibility index (Phi) is 5.23. The number of halogens is 1. The smallest absolute Gasteiger partial charge is 0.227 e. The monoisotopic (exact) mass is 281 g/mol. The molecule has 1 aromatic carbocycles. The minimum atomic E-state index is 0.117. The Hall–Kier alpha value is -1.06. The zero-order valence-corrected chi connectivity index (χ0v) is 11.8. The Morgan fingerprint density at radius 1 is 1.37 bits per heavy atom. The molecule has 19 heavy (non-hydrogen) atoms. The Labute approximate surface area is 119 Å². The summed E-state index contributed by atoms with van der Waals surface area (Å²) in [6, 6.07) is 7.83. The molecule has 2 rings (SSSR count). The highest BCUT2D eigenvalue weighted by Crippen LogP contribution is 2.26. The summed E-state index contributed by atoms with van der Waals surface area (Å²) in [4.78, 5) is 14.3. The number of rotatable bonds is 6. The van der Waals surface area contributed by atoms with Gasteiger partial charge in [-0.3, -0.25) is 4.79 Å². The van der Waals surface area contributed by atoms with E-state index in [9.17, 15) is 4.79 Å². The van der Waals surface area contributed by atoms with E-state index in [0.717, 1.165) is 18.4 Å². The molecule has 1 amide bonds. The number of carbonyl (C=O) groups excluding carboxylic acids is 1. The first-order valence-electron chi connectivity index (χ1n) is 6.86. The standard InChI is InChI=1S/C15H20ClNO2/c16-14-8-2-1-5-12(14)11-15(19)17(9-4-10-18)13-6-3-7-13/h1-2,5,8,13,18H,3-4,6-7,9-11H2. The van der Waals surface area contributed by atoms with Crippen LogP contribution in [0.25, 0.3) is 0 Å². The average molecular weight is 282 g/mol. The van der Waals surface area contributed by atoms with E-state index in [-0.39, 0.29) is 12.5 Å². The van der Waals surface area contributed by atoms with Crippen LogP contribution >= 0.6 is 11.6 Å². The van der Waals surface area contributed by atoms with Crippen LogP contribution in [0.4, 0.5) is 0 Å². The molecule has 1 saturated carbocycles. The Morgan fingerprint density at radius 2 is 2.11 bits per heavy atom. The summed E-state index contributed by atoms with van der Waals surface area (Å²) in [6.45, 7) is 0.771. The summed E-state index contributed by atoms with van der Waals surface area (Å²) in [5, 5.41) is 9.59. The molecule has 1 aromatic rings. The number of aliphatic hydroxyl groups is 1. The fourth-order valence-electron chi connectivity index (χ4n) is 2.36. The molecule has 1 N–H and O–H groups in total. The van der Waals surface area contributed by atoms with Gasteiger partial charge in [0.15, 0.2) is 0 Å². The van der Waals surface area contributed by atoms with Crippen molar-refractivity contribution in [1.29, 1.82) is 0 Å². The summed E-state index contributed by atoms with van der Waals surface area (Å²) < 4.78 is 0. The van der Waals surface area contributed by atoms with Crippen LogP contribution in [0.15, 0.2) is 24.3 Å². The van der Waals surface area contributed by atoms with Crippen LogP contribution in [0.1, 0.15) is 31.2 Å². The van der Waals surface area contributed by atoms with E-state index < -0.39 is 0 Å². The van der Waals surface area contributed by atoms with Gasteiger partial charge in [-0.25, -0.2) is 0 Å². The van der Waals surface area contributed by atoms with E-state index in [0.29, 0.717) is 30.5 Å². The van der Waals surface area contributed by atoms with E-state index >= 15 is 0 Å². The van der Waals surface area contributed by atoms with Gasteiger partial charge < -0.3 is 10.0 Å². The topological polar surface area (TPSA) is 40.5 Å². The number of hydrogen-bond donors (Lipinski definition) is 1. The molecule has 0 aromatic heterocycles. The van der Waals surface area contributed by atoms with Gasteiger partial charge in [0.25, 0.3) is 0 Å². The Morgan fingerprint density at radius 3 is 2.68 bits per heavy atom. The quantitative estimate of drug-likeness (QED) is 0.871. The summed E-state index contributed by atoms with van der Waals surface area (Å²) in [6.07, 6.45) is 4.35. The van der Waals surface area contributed by atoms with Crippen molar-refractivity contribution in [3.63, 3.8) is 0 Å². The van der Waals surface area contributed by atoms with Crippen molar-refractivity contribution >= 4 is 17.5 Å². The molecular formula is C15H20ClNO2. The van der Waals surface area contributed by atoms with Crippen molar-refractivity contribution in [3.05, 3.63) is 34.9 Å². The van der Waals surface area contributed by atoms with E-state index in [4.69, 9.17) is 16.7 Å². The first kappa shape index (κ1) is 14.4. The molecule has 0 spiro atoms. The van der Waals surface area contributed by atoms with Crippen molar-refractivity contribution < 1.29 is 9.90 Å². The Balaban J connectivity index is 2.00. The van der Waals surface area contributed by atoms with E-state index in [1.54, 1.807) is 0 Å². The molecule has 1 fully saturated rings. The maximum Gasteiger partial charge on any atom is 0.227 e. The predicted molar refractivity (Wildman–Crippen MR) is 76.2 cm³/mol. The van der Waals surface area contributed by atoms with Crippen LogP contribution in [0.3, 0.4) is 0 Å². The van der Waals surface area contributed by atoms with Crippen molar-refractivity contribution in [2.45, 2.75) is 38.1 Å². The van der Waals surface area contributed by atoms with Crippen molar-refractivity contribution in [2.24, 2.45) is 0 Å². The van der Waals surface area contributed by atoms with Crippen LogP contribution in [0.2, 0.25) is 5.02 Å². The molecule has 4 heteroatoms. The lowest BCUT2D eigenvalue weighted by Gasteiger charge is -2.37. The largest absolute Gasteiger partial charge is 0.396 e. The van der Waals surface area contributed by atoms with E-state index in [1.807, 2.05) is 29.2 Å². The summed E-state index contributed by atoms with van der Waals surface area (Å²) in [5.74, 6) is 0.117. The molecule has 0 heterocycles. The van der Waals surface area contributed by atoms with Crippen LogP contribution in [-0.2, 0) is 11.2 Å².